The minimum atomic E-state index is -0.467. The van der Waals surface area contributed by atoms with Crippen LogP contribution >= 0.6 is 0 Å². The lowest BCUT2D eigenvalue weighted by Gasteiger charge is -2.12. The van der Waals surface area contributed by atoms with E-state index in [1.165, 1.54) is 0 Å². The maximum Gasteiger partial charge on any atom is 0.241 e. The molecule has 0 aliphatic rings. The first-order valence-corrected chi connectivity index (χ1v) is 6.32. The molecule has 1 aromatic carbocycles. The average Bonchev–Trinajstić information content (AvgIpc) is 2.35. The van der Waals surface area contributed by atoms with Gasteiger partial charge in [-0.05, 0) is 24.5 Å². The molecule has 0 saturated carbocycles. The Balaban J connectivity index is 2.61. The molecule has 0 fully saturated rings. The molecular formula is C14H22N2O2. The van der Waals surface area contributed by atoms with E-state index in [-0.39, 0.29) is 5.91 Å². The van der Waals surface area contributed by atoms with E-state index in [4.69, 9.17) is 10.5 Å². The van der Waals surface area contributed by atoms with Crippen LogP contribution in [0.15, 0.2) is 24.3 Å². The molecule has 100 valence electrons. The van der Waals surface area contributed by atoms with Gasteiger partial charge in [-0.3, -0.25) is 4.79 Å². The Morgan fingerprint density at radius 3 is 2.78 bits per heavy atom. The summed E-state index contributed by atoms with van der Waals surface area (Å²) in [5, 5.41) is 2.78. The number of benzene rings is 1. The minimum Gasteiger partial charge on any atom is -0.493 e. The normalized spacial score (nSPS) is 12.3. The van der Waals surface area contributed by atoms with Gasteiger partial charge in [-0.2, -0.15) is 0 Å². The zero-order chi connectivity index (χ0) is 13.5. The van der Waals surface area contributed by atoms with E-state index < -0.39 is 6.04 Å². The van der Waals surface area contributed by atoms with Gasteiger partial charge < -0.3 is 15.8 Å². The smallest absolute Gasteiger partial charge is 0.241 e. The summed E-state index contributed by atoms with van der Waals surface area (Å²) in [5.74, 6) is 1.06. The first-order chi connectivity index (χ1) is 8.52. The maximum absolute atomic E-state index is 11.6. The van der Waals surface area contributed by atoms with Gasteiger partial charge in [-0.1, -0.05) is 26.8 Å². The highest BCUT2D eigenvalue weighted by molar-refractivity contribution is 5.94. The number of nitrogens with two attached hydrogens (primary N) is 1. The fraction of sp³-hybridized carbons (Fsp3) is 0.500. The van der Waals surface area contributed by atoms with Crippen LogP contribution in [-0.2, 0) is 4.79 Å². The number of carbonyl (C=O) groups excluding carboxylic acids is 1. The number of ether oxygens (including phenoxy) is 1. The van der Waals surface area contributed by atoms with Crippen molar-refractivity contribution in [2.45, 2.75) is 33.2 Å². The molecule has 3 N–H and O–H groups in total. The Kier molecular flexibility index (Phi) is 5.65. The summed E-state index contributed by atoms with van der Waals surface area (Å²) in [4.78, 5) is 11.6. The highest BCUT2D eigenvalue weighted by Crippen LogP contribution is 2.18. The van der Waals surface area contributed by atoms with Crippen LogP contribution in [0.1, 0.15) is 27.2 Å². The van der Waals surface area contributed by atoms with E-state index in [9.17, 15) is 4.79 Å². The van der Waals surface area contributed by atoms with Crippen molar-refractivity contribution in [3.05, 3.63) is 24.3 Å². The maximum atomic E-state index is 11.6. The molecular weight excluding hydrogens is 228 g/mol. The largest absolute Gasteiger partial charge is 0.493 e. The second kappa shape index (κ2) is 7.01. The lowest BCUT2D eigenvalue weighted by atomic mass is 10.2. The molecule has 0 bridgehead atoms. The molecule has 0 heterocycles. The Labute approximate surface area is 109 Å². The van der Waals surface area contributed by atoms with E-state index in [1.807, 2.05) is 31.2 Å². The number of anilines is 1. The summed E-state index contributed by atoms with van der Waals surface area (Å²) in [6.45, 7) is 6.72. The predicted octanol–water partition coefficient (Wildman–Crippen LogP) is 2.40. The van der Waals surface area contributed by atoms with E-state index in [0.717, 1.165) is 5.75 Å². The number of hydrogen-bond donors (Lipinski definition) is 2. The van der Waals surface area contributed by atoms with Crippen LogP contribution < -0.4 is 15.8 Å². The molecule has 1 aromatic rings. The van der Waals surface area contributed by atoms with Gasteiger partial charge in [0.05, 0.1) is 12.6 Å². The zero-order valence-electron chi connectivity index (χ0n) is 11.3. The highest BCUT2D eigenvalue weighted by Gasteiger charge is 2.11. The number of amides is 1. The molecule has 0 unspecified atom stereocenters. The van der Waals surface area contributed by atoms with Crippen molar-refractivity contribution >= 4 is 11.6 Å². The van der Waals surface area contributed by atoms with Crippen LogP contribution in [0.4, 0.5) is 5.69 Å². The third-order valence-electron chi connectivity index (χ3n) is 2.46. The summed E-state index contributed by atoms with van der Waals surface area (Å²) >= 11 is 0. The molecule has 0 spiro atoms. The fourth-order valence-corrected chi connectivity index (χ4v) is 1.35. The first kappa shape index (κ1) is 14.5. The predicted molar refractivity (Wildman–Crippen MR) is 73.7 cm³/mol. The summed E-state index contributed by atoms with van der Waals surface area (Å²) in [5.41, 5.74) is 6.37. The van der Waals surface area contributed by atoms with Crippen LogP contribution in [-0.4, -0.2) is 18.6 Å². The van der Waals surface area contributed by atoms with Gasteiger partial charge >= 0.3 is 0 Å². The SMILES string of the molecule is CC[C@@H](N)C(=O)Nc1cccc(OCC(C)C)c1. The molecule has 4 heteroatoms. The van der Waals surface area contributed by atoms with Gasteiger partial charge in [-0.15, -0.1) is 0 Å². The monoisotopic (exact) mass is 250 g/mol. The van der Waals surface area contributed by atoms with Crippen LogP contribution in [0.5, 0.6) is 5.75 Å². The van der Waals surface area contributed by atoms with E-state index in [2.05, 4.69) is 19.2 Å². The number of rotatable bonds is 6. The van der Waals surface area contributed by atoms with Gasteiger partial charge in [0, 0.05) is 11.8 Å². The summed E-state index contributed by atoms with van der Waals surface area (Å²) in [6.07, 6.45) is 0.620. The third-order valence-corrected chi connectivity index (χ3v) is 2.46. The summed E-state index contributed by atoms with van der Waals surface area (Å²) in [7, 11) is 0. The van der Waals surface area contributed by atoms with E-state index in [1.54, 1.807) is 0 Å². The van der Waals surface area contributed by atoms with Crippen LogP contribution in [0.3, 0.4) is 0 Å². The summed E-state index contributed by atoms with van der Waals surface area (Å²) < 4.78 is 5.59. The molecule has 18 heavy (non-hydrogen) atoms. The molecule has 0 aliphatic carbocycles. The highest BCUT2D eigenvalue weighted by atomic mass is 16.5. The fourth-order valence-electron chi connectivity index (χ4n) is 1.35. The van der Waals surface area contributed by atoms with Gasteiger partial charge in [-0.25, -0.2) is 0 Å². The zero-order valence-corrected chi connectivity index (χ0v) is 11.3. The van der Waals surface area contributed by atoms with Crippen molar-refractivity contribution < 1.29 is 9.53 Å². The van der Waals surface area contributed by atoms with Crippen molar-refractivity contribution in [3.8, 4) is 5.75 Å². The van der Waals surface area contributed by atoms with Gasteiger partial charge in [0.1, 0.15) is 5.75 Å². The van der Waals surface area contributed by atoms with E-state index >= 15 is 0 Å². The molecule has 0 saturated heterocycles. The summed E-state index contributed by atoms with van der Waals surface area (Å²) in [6, 6.07) is 6.89. The minimum absolute atomic E-state index is 0.168. The van der Waals surface area contributed by atoms with Crippen LogP contribution in [0.25, 0.3) is 0 Å². The standard InChI is InChI=1S/C14H22N2O2/c1-4-13(15)14(17)16-11-6-5-7-12(8-11)18-9-10(2)3/h5-8,10,13H,4,9,15H2,1-3H3,(H,16,17)/t13-/m1/s1. The quantitative estimate of drug-likeness (QED) is 0.814. The second-order valence-corrected chi connectivity index (χ2v) is 4.74. The third kappa shape index (κ3) is 4.75. The topological polar surface area (TPSA) is 64.4 Å². The molecule has 4 nitrogen and oxygen atoms in total. The van der Waals surface area contributed by atoms with Crippen LogP contribution in [0.2, 0.25) is 0 Å². The Bertz CT molecular complexity index is 391. The number of hydrogen-bond acceptors (Lipinski definition) is 3. The molecule has 1 atom stereocenters. The van der Waals surface area contributed by atoms with Crippen molar-refractivity contribution in [2.75, 3.05) is 11.9 Å². The molecule has 0 aromatic heterocycles. The molecule has 1 rings (SSSR count). The lowest BCUT2D eigenvalue weighted by Crippen LogP contribution is -2.34. The Hall–Kier alpha value is -1.55. The van der Waals surface area contributed by atoms with Crippen molar-refractivity contribution in [1.29, 1.82) is 0 Å². The number of nitrogens with one attached hydrogen (secondary N) is 1. The molecule has 0 aliphatic heterocycles. The number of carbonyl (C=O) groups is 1. The Morgan fingerprint density at radius 1 is 1.44 bits per heavy atom. The van der Waals surface area contributed by atoms with Crippen LogP contribution in [0, 0.1) is 5.92 Å². The van der Waals surface area contributed by atoms with Gasteiger partial charge in [0.15, 0.2) is 0 Å². The van der Waals surface area contributed by atoms with Crippen molar-refractivity contribution in [1.82, 2.24) is 0 Å². The second-order valence-electron chi connectivity index (χ2n) is 4.74. The Morgan fingerprint density at radius 2 is 2.17 bits per heavy atom. The molecule has 0 radical (unpaired) electrons. The average molecular weight is 250 g/mol. The van der Waals surface area contributed by atoms with E-state index in [0.29, 0.717) is 24.6 Å². The van der Waals surface area contributed by atoms with Crippen molar-refractivity contribution in [2.24, 2.45) is 11.7 Å². The van der Waals surface area contributed by atoms with Crippen molar-refractivity contribution in [3.63, 3.8) is 0 Å². The molecule has 1 amide bonds. The lowest BCUT2D eigenvalue weighted by molar-refractivity contribution is -0.117. The van der Waals surface area contributed by atoms with Gasteiger partial charge in [0.25, 0.3) is 0 Å². The first-order valence-electron chi connectivity index (χ1n) is 6.32. The van der Waals surface area contributed by atoms with Gasteiger partial charge in [0.2, 0.25) is 5.91 Å².